The number of nitrogens with zero attached hydrogens (tertiary/aromatic N) is 2. The molecule has 7 atom stereocenters. The quantitative estimate of drug-likeness (QED) is 0.736. The maximum atomic E-state index is 12.3. The maximum absolute atomic E-state index is 12.3. The molecule has 1 N–H and O–H groups in total. The average Bonchev–Trinajstić information content (AvgIpc) is 3.28. The SMILES string of the molecule is CC(=O)Nc1nc([C@H]2CC[C@H]3C4CC[C@H]5N(C)C(=O)C=C[C@]5(C)C4CC[C@]23C)cs1. The van der Waals surface area contributed by atoms with E-state index in [1.165, 1.54) is 44.7 Å². The molecule has 2 heterocycles. The van der Waals surface area contributed by atoms with Crippen LogP contribution >= 0.6 is 11.3 Å². The van der Waals surface area contributed by atoms with Gasteiger partial charge in [0.25, 0.3) is 0 Å². The van der Waals surface area contributed by atoms with Crippen LogP contribution in [0.1, 0.15) is 70.9 Å². The number of nitrogens with one attached hydrogen (secondary N) is 1. The molecule has 5 rings (SSSR count). The van der Waals surface area contributed by atoms with Crippen molar-refractivity contribution in [1.82, 2.24) is 9.88 Å². The van der Waals surface area contributed by atoms with Gasteiger partial charge in [-0.15, -0.1) is 11.3 Å². The molecule has 1 aromatic rings. The predicted octanol–water partition coefficient (Wildman–Crippen LogP) is 4.82. The van der Waals surface area contributed by atoms with E-state index < -0.39 is 0 Å². The molecule has 0 spiro atoms. The Labute approximate surface area is 183 Å². The van der Waals surface area contributed by atoms with E-state index in [-0.39, 0.29) is 22.6 Å². The van der Waals surface area contributed by atoms with Gasteiger partial charge >= 0.3 is 0 Å². The minimum Gasteiger partial charge on any atom is -0.338 e. The van der Waals surface area contributed by atoms with E-state index in [1.807, 2.05) is 18.0 Å². The minimum absolute atomic E-state index is 0.0547. The first-order chi connectivity index (χ1) is 14.2. The summed E-state index contributed by atoms with van der Waals surface area (Å²) in [5.74, 6) is 2.71. The summed E-state index contributed by atoms with van der Waals surface area (Å²) in [5, 5.41) is 5.74. The van der Waals surface area contributed by atoms with Gasteiger partial charge in [-0.1, -0.05) is 19.9 Å². The summed E-state index contributed by atoms with van der Waals surface area (Å²) in [6.07, 6.45) is 11.4. The van der Waals surface area contributed by atoms with Gasteiger partial charge in [-0.05, 0) is 67.8 Å². The third-order valence-corrected chi connectivity index (χ3v) is 10.1. The van der Waals surface area contributed by atoms with Crippen molar-refractivity contribution < 1.29 is 9.59 Å². The van der Waals surface area contributed by atoms with Crippen molar-refractivity contribution in [3.8, 4) is 0 Å². The van der Waals surface area contributed by atoms with Crippen LogP contribution in [-0.4, -0.2) is 34.8 Å². The maximum Gasteiger partial charge on any atom is 0.246 e. The second-order valence-corrected chi connectivity index (χ2v) is 11.4. The topological polar surface area (TPSA) is 62.3 Å². The van der Waals surface area contributed by atoms with Crippen molar-refractivity contribution in [2.45, 2.75) is 71.3 Å². The Morgan fingerprint density at radius 1 is 1.20 bits per heavy atom. The number of hydrogen-bond donors (Lipinski definition) is 1. The van der Waals surface area contributed by atoms with Crippen molar-refractivity contribution >= 4 is 28.3 Å². The standard InChI is InChI=1S/C24H33N3O2S/c1-14(28)25-22-26-19(13-30-22)18-7-6-16-15-5-8-20-24(3,12-10-21(29)27(20)4)17(15)9-11-23(16,18)2/h10,12-13,15-18,20H,5-9,11H2,1-4H3,(H,25,26,28)/t15?,16-,17?,18+,20+,23-,24+/m0/s1. The first-order valence-electron chi connectivity index (χ1n) is 11.4. The first kappa shape index (κ1) is 20.2. The molecule has 162 valence electrons. The van der Waals surface area contributed by atoms with E-state index in [0.29, 0.717) is 17.9 Å². The van der Waals surface area contributed by atoms with Crippen LogP contribution in [-0.2, 0) is 9.59 Å². The first-order valence-corrected chi connectivity index (χ1v) is 12.3. The van der Waals surface area contributed by atoms with E-state index in [0.717, 1.165) is 23.4 Å². The Bertz CT molecular complexity index is 910. The Balaban J connectivity index is 1.42. The molecule has 5 nitrogen and oxygen atoms in total. The fourth-order valence-corrected chi connectivity index (χ4v) is 8.69. The number of carbonyl (C=O) groups excluding carboxylic acids is 2. The zero-order valence-corrected chi connectivity index (χ0v) is 19.3. The van der Waals surface area contributed by atoms with E-state index in [9.17, 15) is 9.59 Å². The van der Waals surface area contributed by atoms with Gasteiger partial charge in [0.1, 0.15) is 0 Å². The number of fused-ring (bicyclic) bond motifs is 5. The third kappa shape index (κ3) is 2.82. The summed E-state index contributed by atoms with van der Waals surface area (Å²) in [6, 6.07) is 0.344. The molecule has 1 aliphatic heterocycles. The normalized spacial score (nSPS) is 42.5. The monoisotopic (exact) mass is 427 g/mol. The fourth-order valence-electron chi connectivity index (χ4n) is 7.88. The molecular weight excluding hydrogens is 394 g/mol. The van der Waals surface area contributed by atoms with Gasteiger partial charge in [-0.25, -0.2) is 4.98 Å². The number of anilines is 1. The van der Waals surface area contributed by atoms with Crippen LogP contribution in [0.25, 0.3) is 0 Å². The smallest absolute Gasteiger partial charge is 0.246 e. The molecule has 4 aliphatic rings. The van der Waals surface area contributed by atoms with Crippen LogP contribution in [0.2, 0.25) is 0 Å². The fraction of sp³-hybridized carbons (Fsp3) is 0.708. The molecule has 0 bridgehead atoms. The second-order valence-electron chi connectivity index (χ2n) is 10.6. The summed E-state index contributed by atoms with van der Waals surface area (Å²) in [7, 11) is 1.99. The molecule has 1 aromatic heterocycles. The largest absolute Gasteiger partial charge is 0.338 e. The number of carbonyl (C=O) groups is 2. The summed E-state index contributed by atoms with van der Waals surface area (Å²) >= 11 is 1.55. The van der Waals surface area contributed by atoms with Gasteiger partial charge in [0, 0.05) is 36.7 Å². The lowest BCUT2D eigenvalue weighted by Crippen LogP contribution is -2.59. The number of aromatic nitrogens is 1. The molecule has 0 saturated heterocycles. The van der Waals surface area contributed by atoms with Crippen molar-refractivity contribution in [2.24, 2.45) is 28.6 Å². The predicted molar refractivity (Wildman–Crippen MR) is 119 cm³/mol. The van der Waals surface area contributed by atoms with Crippen LogP contribution < -0.4 is 5.32 Å². The number of thiazole rings is 1. The van der Waals surface area contributed by atoms with Crippen molar-refractivity contribution in [3.63, 3.8) is 0 Å². The highest BCUT2D eigenvalue weighted by atomic mass is 32.1. The number of likely N-dealkylation sites (N-methyl/N-ethyl adjacent to an activating group) is 1. The Morgan fingerprint density at radius 3 is 2.77 bits per heavy atom. The van der Waals surface area contributed by atoms with Crippen LogP contribution in [0.5, 0.6) is 0 Å². The Hall–Kier alpha value is -1.69. The van der Waals surface area contributed by atoms with E-state index in [2.05, 4.69) is 30.6 Å². The van der Waals surface area contributed by atoms with E-state index in [1.54, 1.807) is 11.3 Å². The molecule has 3 fully saturated rings. The highest BCUT2D eigenvalue weighted by molar-refractivity contribution is 7.13. The van der Waals surface area contributed by atoms with E-state index >= 15 is 0 Å². The minimum atomic E-state index is -0.0547. The molecule has 30 heavy (non-hydrogen) atoms. The Morgan fingerprint density at radius 2 is 2.00 bits per heavy atom. The number of rotatable bonds is 2. The van der Waals surface area contributed by atoms with Gasteiger partial charge in [0.15, 0.2) is 5.13 Å². The summed E-state index contributed by atoms with van der Waals surface area (Å²) in [4.78, 5) is 30.5. The molecule has 2 amide bonds. The molecule has 3 saturated carbocycles. The lowest BCUT2D eigenvalue weighted by atomic mass is 9.47. The molecular formula is C24H33N3O2S. The molecule has 6 heteroatoms. The summed E-state index contributed by atoms with van der Waals surface area (Å²) in [5.41, 5.74) is 1.56. The van der Waals surface area contributed by atoms with E-state index in [4.69, 9.17) is 4.98 Å². The molecule has 2 unspecified atom stereocenters. The molecule has 3 aliphatic carbocycles. The van der Waals surface area contributed by atoms with Crippen molar-refractivity contribution in [3.05, 3.63) is 23.2 Å². The van der Waals surface area contributed by atoms with Crippen LogP contribution in [0.15, 0.2) is 17.5 Å². The summed E-state index contributed by atoms with van der Waals surface area (Å²) in [6.45, 7) is 6.45. The van der Waals surface area contributed by atoms with Gasteiger partial charge in [0.2, 0.25) is 11.8 Å². The average molecular weight is 428 g/mol. The van der Waals surface area contributed by atoms with Crippen LogP contribution in [0.3, 0.4) is 0 Å². The molecule has 0 aromatic carbocycles. The van der Waals surface area contributed by atoms with Gasteiger partial charge in [-0.2, -0.15) is 0 Å². The third-order valence-electron chi connectivity index (χ3n) is 9.29. The lowest BCUT2D eigenvalue weighted by Gasteiger charge is -2.60. The highest BCUT2D eigenvalue weighted by Gasteiger charge is 2.60. The van der Waals surface area contributed by atoms with Crippen molar-refractivity contribution in [2.75, 3.05) is 12.4 Å². The Kier molecular flexibility index (Phi) is 4.66. The van der Waals surface area contributed by atoms with Crippen LogP contribution in [0.4, 0.5) is 5.13 Å². The second kappa shape index (κ2) is 6.91. The lowest BCUT2D eigenvalue weighted by molar-refractivity contribution is -0.138. The molecule has 0 radical (unpaired) electrons. The van der Waals surface area contributed by atoms with Gasteiger partial charge < -0.3 is 10.2 Å². The zero-order chi connectivity index (χ0) is 21.3. The number of hydrogen-bond acceptors (Lipinski definition) is 4. The van der Waals surface area contributed by atoms with Crippen molar-refractivity contribution in [1.29, 1.82) is 0 Å². The van der Waals surface area contributed by atoms with Crippen LogP contribution in [0, 0.1) is 28.6 Å². The summed E-state index contributed by atoms with van der Waals surface area (Å²) < 4.78 is 0. The zero-order valence-electron chi connectivity index (χ0n) is 18.5. The highest BCUT2D eigenvalue weighted by Crippen LogP contribution is 2.67. The van der Waals surface area contributed by atoms with Gasteiger partial charge in [-0.3, -0.25) is 9.59 Å². The van der Waals surface area contributed by atoms with Gasteiger partial charge in [0.05, 0.1) is 5.69 Å². The number of amides is 2.